The van der Waals surface area contributed by atoms with E-state index >= 15 is 0 Å². The summed E-state index contributed by atoms with van der Waals surface area (Å²) < 4.78 is 13.4. The second-order valence-corrected chi connectivity index (χ2v) is 5.80. The first-order valence-electron chi connectivity index (χ1n) is 7.01. The van der Waals surface area contributed by atoms with E-state index in [9.17, 15) is 9.18 Å². The Hall–Kier alpha value is -0.940. The van der Waals surface area contributed by atoms with Gasteiger partial charge in [-0.3, -0.25) is 4.79 Å². The van der Waals surface area contributed by atoms with Crippen LogP contribution in [0.3, 0.4) is 0 Å². The molecule has 0 radical (unpaired) electrons. The molecule has 3 N–H and O–H groups in total. The molecule has 0 bridgehead atoms. The van der Waals surface area contributed by atoms with Gasteiger partial charge < -0.3 is 11.1 Å². The van der Waals surface area contributed by atoms with Crippen LogP contribution in [0.25, 0.3) is 0 Å². The quantitative estimate of drug-likeness (QED) is 0.746. The lowest BCUT2D eigenvalue weighted by Crippen LogP contribution is -2.15. The summed E-state index contributed by atoms with van der Waals surface area (Å²) in [6.07, 6.45) is 4.49. The molecule has 1 amide bonds. The summed E-state index contributed by atoms with van der Waals surface area (Å²) in [6.45, 7) is 2.80. The van der Waals surface area contributed by atoms with Crippen molar-refractivity contribution in [2.75, 3.05) is 11.9 Å². The van der Waals surface area contributed by atoms with Crippen LogP contribution in [0.4, 0.5) is 10.1 Å². The van der Waals surface area contributed by atoms with Crippen LogP contribution in [0.5, 0.6) is 0 Å². The molecule has 1 aromatic carbocycles. The van der Waals surface area contributed by atoms with E-state index in [1.54, 1.807) is 12.1 Å². The molecule has 0 saturated carbocycles. The molecule has 1 rings (SSSR count). The zero-order valence-corrected chi connectivity index (χ0v) is 13.4. The molecule has 1 atom stereocenters. The van der Waals surface area contributed by atoms with Crippen molar-refractivity contribution in [3.05, 3.63) is 28.5 Å². The van der Waals surface area contributed by atoms with E-state index in [0.29, 0.717) is 29.0 Å². The number of carbonyl (C=O) groups is 1. The number of nitrogens with two attached hydrogens (primary N) is 1. The van der Waals surface area contributed by atoms with Crippen LogP contribution in [0.1, 0.15) is 39.0 Å². The van der Waals surface area contributed by atoms with E-state index in [-0.39, 0.29) is 11.7 Å². The Morgan fingerprint density at radius 3 is 2.75 bits per heavy atom. The van der Waals surface area contributed by atoms with Crippen molar-refractivity contribution in [3.63, 3.8) is 0 Å². The van der Waals surface area contributed by atoms with Gasteiger partial charge in [0.1, 0.15) is 5.82 Å². The predicted octanol–water partition coefficient (Wildman–Crippen LogP) is 4.07. The normalized spacial score (nSPS) is 12.2. The molecule has 0 heterocycles. The van der Waals surface area contributed by atoms with Gasteiger partial charge in [0.2, 0.25) is 5.91 Å². The highest BCUT2D eigenvalue weighted by molar-refractivity contribution is 9.10. The molecule has 0 aliphatic carbocycles. The first-order valence-corrected chi connectivity index (χ1v) is 7.81. The van der Waals surface area contributed by atoms with E-state index in [1.807, 2.05) is 0 Å². The smallest absolute Gasteiger partial charge is 0.224 e. The fourth-order valence-corrected chi connectivity index (χ4v) is 2.59. The van der Waals surface area contributed by atoms with Crippen molar-refractivity contribution in [2.45, 2.75) is 39.0 Å². The minimum absolute atomic E-state index is 0.0402. The average Bonchev–Trinajstić information content (AvgIpc) is 2.41. The third-order valence-electron chi connectivity index (χ3n) is 3.25. The summed E-state index contributed by atoms with van der Waals surface area (Å²) in [5.41, 5.74) is 6.18. The molecule has 112 valence electrons. The van der Waals surface area contributed by atoms with Gasteiger partial charge in [0.15, 0.2) is 0 Å². The fraction of sp³-hybridized carbons (Fsp3) is 0.533. The summed E-state index contributed by atoms with van der Waals surface area (Å²) in [5.74, 6) is 0.131. The largest absolute Gasteiger partial charge is 0.330 e. The molecule has 0 aromatic heterocycles. The van der Waals surface area contributed by atoms with Gasteiger partial charge in [-0.1, -0.05) is 19.8 Å². The number of anilines is 1. The van der Waals surface area contributed by atoms with Crippen molar-refractivity contribution >= 4 is 27.5 Å². The van der Waals surface area contributed by atoms with Gasteiger partial charge in [-0.15, -0.1) is 0 Å². The molecule has 3 nitrogen and oxygen atoms in total. The highest BCUT2D eigenvalue weighted by Gasteiger charge is 2.11. The van der Waals surface area contributed by atoms with Crippen molar-refractivity contribution in [1.29, 1.82) is 0 Å². The summed E-state index contributed by atoms with van der Waals surface area (Å²) >= 11 is 3.10. The summed E-state index contributed by atoms with van der Waals surface area (Å²) in [4.78, 5) is 11.9. The zero-order valence-electron chi connectivity index (χ0n) is 11.8. The number of hydrogen-bond acceptors (Lipinski definition) is 2. The Morgan fingerprint density at radius 2 is 2.15 bits per heavy atom. The van der Waals surface area contributed by atoms with Crippen molar-refractivity contribution in [3.8, 4) is 0 Å². The number of rotatable bonds is 8. The molecule has 0 saturated heterocycles. The van der Waals surface area contributed by atoms with Gasteiger partial charge in [-0.2, -0.15) is 0 Å². The number of benzene rings is 1. The number of nitrogens with one attached hydrogen (secondary N) is 1. The minimum Gasteiger partial charge on any atom is -0.330 e. The lowest BCUT2D eigenvalue weighted by Gasteiger charge is -2.14. The lowest BCUT2D eigenvalue weighted by molar-refractivity contribution is -0.116. The van der Waals surface area contributed by atoms with E-state index in [4.69, 9.17) is 5.73 Å². The standard InChI is InChI=1S/C15H22BrFN2O/c1-2-3-11(8-9-18)4-7-15(20)19-12-5-6-14(17)13(16)10-12/h5-6,10-11H,2-4,7-9,18H2,1H3,(H,19,20). The number of hydrogen-bond donors (Lipinski definition) is 2. The summed E-state index contributed by atoms with van der Waals surface area (Å²) in [7, 11) is 0. The van der Waals surface area contributed by atoms with Gasteiger partial charge >= 0.3 is 0 Å². The molecule has 5 heteroatoms. The van der Waals surface area contributed by atoms with Crippen LogP contribution in [-0.2, 0) is 4.79 Å². The van der Waals surface area contributed by atoms with E-state index in [0.717, 1.165) is 25.7 Å². The Morgan fingerprint density at radius 1 is 1.40 bits per heavy atom. The molecule has 1 aromatic rings. The third kappa shape index (κ3) is 6.01. The second-order valence-electron chi connectivity index (χ2n) is 4.95. The summed E-state index contributed by atoms with van der Waals surface area (Å²) in [6, 6.07) is 4.45. The van der Waals surface area contributed by atoms with Crippen molar-refractivity contribution in [2.24, 2.45) is 11.7 Å². The van der Waals surface area contributed by atoms with Crippen LogP contribution in [0.15, 0.2) is 22.7 Å². The predicted molar refractivity (Wildman–Crippen MR) is 84.0 cm³/mol. The third-order valence-corrected chi connectivity index (χ3v) is 3.86. The van der Waals surface area contributed by atoms with Gasteiger partial charge in [0, 0.05) is 12.1 Å². The minimum atomic E-state index is -0.339. The zero-order chi connectivity index (χ0) is 15.0. The molecule has 0 aliphatic rings. The molecule has 1 unspecified atom stereocenters. The van der Waals surface area contributed by atoms with Crippen LogP contribution in [0, 0.1) is 11.7 Å². The monoisotopic (exact) mass is 344 g/mol. The Bertz CT molecular complexity index is 434. The maximum Gasteiger partial charge on any atom is 0.224 e. The van der Waals surface area contributed by atoms with Crippen LogP contribution in [-0.4, -0.2) is 12.5 Å². The van der Waals surface area contributed by atoms with Crippen LogP contribution >= 0.6 is 15.9 Å². The average molecular weight is 345 g/mol. The maximum atomic E-state index is 13.1. The number of halogens is 2. The second kappa shape index (κ2) is 9.08. The van der Waals surface area contributed by atoms with Gasteiger partial charge in [0.25, 0.3) is 0 Å². The Balaban J connectivity index is 2.44. The topological polar surface area (TPSA) is 55.1 Å². The first kappa shape index (κ1) is 17.1. The molecular weight excluding hydrogens is 323 g/mol. The molecular formula is C15H22BrFN2O. The van der Waals surface area contributed by atoms with Crippen LogP contribution in [0.2, 0.25) is 0 Å². The van der Waals surface area contributed by atoms with E-state index in [2.05, 4.69) is 28.2 Å². The van der Waals surface area contributed by atoms with Gasteiger partial charge in [-0.25, -0.2) is 4.39 Å². The number of amides is 1. The number of carbonyl (C=O) groups excluding carboxylic acids is 1. The van der Waals surface area contributed by atoms with Crippen molar-refractivity contribution < 1.29 is 9.18 Å². The molecule has 20 heavy (non-hydrogen) atoms. The highest BCUT2D eigenvalue weighted by Crippen LogP contribution is 2.21. The fourth-order valence-electron chi connectivity index (χ4n) is 2.21. The summed E-state index contributed by atoms with van der Waals surface area (Å²) in [5, 5.41) is 2.78. The van der Waals surface area contributed by atoms with E-state index < -0.39 is 0 Å². The maximum absolute atomic E-state index is 13.1. The first-order chi connectivity index (χ1) is 9.56. The SMILES string of the molecule is CCCC(CCN)CCC(=O)Nc1ccc(F)c(Br)c1. The van der Waals surface area contributed by atoms with Gasteiger partial charge in [-0.05, 0) is 59.4 Å². The van der Waals surface area contributed by atoms with E-state index in [1.165, 1.54) is 6.07 Å². The Labute approximate surface area is 128 Å². The molecule has 0 spiro atoms. The molecule has 0 aliphatic heterocycles. The Kier molecular flexibility index (Phi) is 7.77. The van der Waals surface area contributed by atoms with Gasteiger partial charge in [0.05, 0.1) is 4.47 Å². The lowest BCUT2D eigenvalue weighted by atomic mass is 9.94. The van der Waals surface area contributed by atoms with Crippen LogP contribution < -0.4 is 11.1 Å². The highest BCUT2D eigenvalue weighted by atomic mass is 79.9. The molecule has 0 fully saturated rings. The van der Waals surface area contributed by atoms with Crippen molar-refractivity contribution in [1.82, 2.24) is 0 Å².